The molecule has 0 unspecified atom stereocenters. The molecule has 1 aromatic heterocycles. The molecule has 0 atom stereocenters. The van der Waals surface area contributed by atoms with E-state index in [2.05, 4.69) is 5.32 Å². The Morgan fingerprint density at radius 1 is 1.35 bits per heavy atom. The van der Waals surface area contributed by atoms with Gasteiger partial charge in [-0.3, -0.25) is 4.79 Å². The third kappa shape index (κ3) is 3.92. The van der Waals surface area contributed by atoms with E-state index in [1.165, 1.54) is 0 Å². The summed E-state index contributed by atoms with van der Waals surface area (Å²) in [4.78, 5) is 17.9. The number of hydrogen-bond donors (Lipinski definition) is 1. The summed E-state index contributed by atoms with van der Waals surface area (Å²) in [6.07, 6.45) is 4.03. The summed E-state index contributed by atoms with van der Waals surface area (Å²) in [5.74, 6) is 0.653. The van der Waals surface area contributed by atoms with Crippen LogP contribution < -0.4 is 10.1 Å². The minimum Gasteiger partial charge on any atom is -0.496 e. The molecule has 1 amide bonds. The highest BCUT2D eigenvalue weighted by Gasteiger charge is 2.26. The van der Waals surface area contributed by atoms with Crippen LogP contribution >= 0.6 is 11.8 Å². The van der Waals surface area contributed by atoms with Crippen LogP contribution in [0.3, 0.4) is 0 Å². The van der Waals surface area contributed by atoms with Gasteiger partial charge in [0.2, 0.25) is 5.91 Å². The van der Waals surface area contributed by atoms with Crippen molar-refractivity contribution in [3.63, 3.8) is 0 Å². The lowest BCUT2D eigenvalue weighted by molar-refractivity contribution is -0.133. The van der Waals surface area contributed by atoms with Crippen molar-refractivity contribution in [3.05, 3.63) is 47.5 Å². The lowest BCUT2D eigenvalue weighted by atomic mass is 10.1. The first-order chi connectivity index (χ1) is 12.7. The monoisotopic (exact) mass is 370 g/mol. The first kappa shape index (κ1) is 18.5. The Hall–Kier alpha value is -2.31. The maximum atomic E-state index is 12.1. The van der Waals surface area contributed by atoms with Crippen LogP contribution in [0.5, 0.6) is 5.75 Å². The minimum atomic E-state index is -0.0611. The second-order valence-electron chi connectivity index (χ2n) is 5.91. The van der Waals surface area contributed by atoms with Crippen molar-refractivity contribution in [1.29, 1.82) is 0 Å². The first-order valence-corrected chi connectivity index (χ1v) is 9.36. The molecule has 0 saturated carbocycles. The highest BCUT2D eigenvalue weighted by molar-refractivity contribution is 8.10. The highest BCUT2D eigenvalue weighted by atomic mass is 32.2. The van der Waals surface area contributed by atoms with Crippen LogP contribution in [-0.2, 0) is 9.53 Å². The Morgan fingerprint density at radius 3 is 2.77 bits per heavy atom. The fourth-order valence-corrected chi connectivity index (χ4v) is 3.26. The number of methoxy groups -OCH3 is 1. The van der Waals surface area contributed by atoms with Crippen molar-refractivity contribution in [2.45, 2.75) is 13.8 Å². The van der Waals surface area contributed by atoms with E-state index in [1.807, 2.05) is 55.7 Å². The molecule has 0 bridgehead atoms. The summed E-state index contributed by atoms with van der Waals surface area (Å²) in [5.41, 5.74) is 2.42. The number of hydrogen-bond acceptors (Lipinski definition) is 5. The van der Waals surface area contributed by atoms with E-state index in [1.54, 1.807) is 18.9 Å². The average molecular weight is 370 g/mol. The van der Waals surface area contributed by atoms with Crippen molar-refractivity contribution < 1.29 is 14.3 Å². The highest BCUT2D eigenvalue weighted by Crippen LogP contribution is 2.34. The van der Waals surface area contributed by atoms with Gasteiger partial charge in [0, 0.05) is 22.0 Å². The SMILES string of the molecule is C/C=C\S/C(=C\C)c1cc(OC)c2cc(NC(=O)C3COC3)ccc2n1. The van der Waals surface area contributed by atoms with Gasteiger partial charge in [0.05, 0.1) is 37.5 Å². The van der Waals surface area contributed by atoms with Gasteiger partial charge in [0.1, 0.15) is 5.75 Å². The number of allylic oxidation sites excluding steroid dienone is 2. The molecule has 26 heavy (non-hydrogen) atoms. The maximum Gasteiger partial charge on any atom is 0.232 e. The van der Waals surface area contributed by atoms with Gasteiger partial charge in [-0.1, -0.05) is 23.9 Å². The van der Waals surface area contributed by atoms with Crippen LogP contribution in [0.2, 0.25) is 0 Å². The molecule has 1 aliphatic rings. The molecule has 2 aromatic rings. The van der Waals surface area contributed by atoms with Gasteiger partial charge in [-0.25, -0.2) is 4.98 Å². The number of aromatic nitrogens is 1. The number of carbonyl (C=O) groups is 1. The molecule has 2 heterocycles. The van der Waals surface area contributed by atoms with Crippen LogP contribution in [0.15, 0.2) is 41.8 Å². The Labute approximate surface area is 157 Å². The average Bonchev–Trinajstić information content (AvgIpc) is 2.60. The van der Waals surface area contributed by atoms with Gasteiger partial charge in [-0.2, -0.15) is 0 Å². The number of pyridine rings is 1. The molecule has 1 N–H and O–H groups in total. The van der Waals surface area contributed by atoms with Crippen molar-refractivity contribution >= 4 is 39.2 Å². The Morgan fingerprint density at radius 2 is 2.15 bits per heavy atom. The van der Waals surface area contributed by atoms with Gasteiger partial charge >= 0.3 is 0 Å². The van der Waals surface area contributed by atoms with Gasteiger partial charge in [-0.15, -0.1) is 0 Å². The third-order valence-corrected chi connectivity index (χ3v) is 5.22. The minimum absolute atomic E-state index is 0.0156. The number of ether oxygens (including phenoxy) is 2. The topological polar surface area (TPSA) is 60.5 Å². The molecular formula is C20H22N2O3S. The van der Waals surface area contributed by atoms with Crippen LogP contribution in [0.4, 0.5) is 5.69 Å². The summed E-state index contributed by atoms with van der Waals surface area (Å²) in [6.45, 7) is 4.96. The third-order valence-electron chi connectivity index (χ3n) is 4.11. The Bertz CT molecular complexity index is 873. The molecule has 6 heteroatoms. The maximum absolute atomic E-state index is 12.1. The number of nitrogens with zero attached hydrogens (tertiary/aromatic N) is 1. The standard InChI is InChI=1S/C20H22N2O3S/c1-4-8-26-19(5-2)17-10-18(24-3)15-9-14(6-7-16(15)22-17)21-20(23)13-11-25-12-13/h4-10,13H,11-12H2,1-3H3,(H,21,23)/b8-4-,19-5-. The van der Waals surface area contributed by atoms with E-state index in [0.29, 0.717) is 13.2 Å². The predicted molar refractivity (Wildman–Crippen MR) is 107 cm³/mol. The van der Waals surface area contributed by atoms with E-state index >= 15 is 0 Å². The van der Waals surface area contributed by atoms with Crippen LogP contribution in [0, 0.1) is 5.92 Å². The number of anilines is 1. The number of thioether (sulfide) groups is 1. The summed E-state index contributed by atoms with van der Waals surface area (Å²) in [7, 11) is 1.64. The van der Waals surface area contributed by atoms with Gasteiger partial charge in [0.25, 0.3) is 0 Å². The smallest absolute Gasteiger partial charge is 0.232 e. The van der Waals surface area contributed by atoms with Crippen molar-refractivity contribution in [2.24, 2.45) is 5.92 Å². The normalized spacial score (nSPS) is 15.3. The number of nitrogens with one attached hydrogen (secondary N) is 1. The number of carbonyl (C=O) groups excluding carboxylic acids is 1. The van der Waals surface area contributed by atoms with Gasteiger partial charge in [-0.05, 0) is 37.5 Å². The zero-order valence-corrected chi connectivity index (χ0v) is 15.9. The molecule has 3 rings (SSSR count). The van der Waals surface area contributed by atoms with E-state index in [-0.39, 0.29) is 11.8 Å². The second kappa shape index (κ2) is 8.38. The van der Waals surface area contributed by atoms with Crippen molar-refractivity contribution in [1.82, 2.24) is 4.98 Å². The predicted octanol–water partition coefficient (Wildman–Crippen LogP) is 4.46. The number of fused-ring (bicyclic) bond motifs is 1. The second-order valence-corrected chi connectivity index (χ2v) is 6.85. The molecule has 0 aliphatic carbocycles. The lowest BCUT2D eigenvalue weighted by Crippen LogP contribution is -2.38. The number of amides is 1. The van der Waals surface area contributed by atoms with Crippen molar-refractivity contribution in [2.75, 3.05) is 25.6 Å². The van der Waals surface area contributed by atoms with Crippen LogP contribution in [0.1, 0.15) is 19.5 Å². The molecule has 136 valence electrons. The van der Waals surface area contributed by atoms with E-state index in [9.17, 15) is 4.79 Å². The molecular weight excluding hydrogens is 348 g/mol. The quantitative estimate of drug-likeness (QED) is 0.814. The molecule has 1 aromatic carbocycles. The summed E-state index contributed by atoms with van der Waals surface area (Å²) in [6, 6.07) is 7.60. The molecule has 1 aliphatic heterocycles. The molecule has 0 radical (unpaired) electrons. The Kier molecular flexibility index (Phi) is 5.96. The fraction of sp³-hybridized carbons (Fsp3) is 0.300. The molecule has 0 spiro atoms. The molecule has 1 saturated heterocycles. The van der Waals surface area contributed by atoms with Crippen LogP contribution in [-0.4, -0.2) is 31.2 Å². The zero-order valence-electron chi connectivity index (χ0n) is 15.1. The Balaban J connectivity index is 1.93. The summed E-state index contributed by atoms with van der Waals surface area (Å²) in [5, 5.41) is 5.83. The summed E-state index contributed by atoms with van der Waals surface area (Å²) < 4.78 is 10.7. The van der Waals surface area contributed by atoms with Crippen molar-refractivity contribution in [3.8, 4) is 5.75 Å². The summed E-state index contributed by atoms with van der Waals surface area (Å²) >= 11 is 1.62. The van der Waals surface area contributed by atoms with E-state index < -0.39 is 0 Å². The van der Waals surface area contributed by atoms with Gasteiger partial charge < -0.3 is 14.8 Å². The van der Waals surface area contributed by atoms with Gasteiger partial charge in [0.15, 0.2) is 0 Å². The number of rotatable bonds is 6. The molecule has 5 nitrogen and oxygen atoms in total. The van der Waals surface area contributed by atoms with Crippen LogP contribution in [0.25, 0.3) is 15.8 Å². The fourth-order valence-electron chi connectivity index (χ4n) is 2.62. The first-order valence-electron chi connectivity index (χ1n) is 8.48. The molecule has 1 fully saturated rings. The van der Waals surface area contributed by atoms with E-state index in [4.69, 9.17) is 14.5 Å². The number of benzene rings is 1. The zero-order chi connectivity index (χ0) is 18.5. The van der Waals surface area contributed by atoms with E-state index in [0.717, 1.165) is 32.9 Å². The lowest BCUT2D eigenvalue weighted by Gasteiger charge is -2.24. The largest absolute Gasteiger partial charge is 0.496 e.